The largest absolute Gasteiger partial charge is 0.336 e. The van der Waals surface area contributed by atoms with Crippen LogP contribution in [0.25, 0.3) is 0 Å². The van der Waals surface area contributed by atoms with Crippen LogP contribution in [0.2, 0.25) is 0 Å². The van der Waals surface area contributed by atoms with Crippen molar-refractivity contribution in [1.29, 1.82) is 0 Å². The summed E-state index contributed by atoms with van der Waals surface area (Å²) < 4.78 is 36.3. The average molecular weight is 334 g/mol. The molecule has 21 heavy (non-hydrogen) atoms. The number of rotatable bonds is 2. The van der Waals surface area contributed by atoms with Crippen molar-refractivity contribution in [2.75, 3.05) is 6.54 Å². The predicted octanol–water partition coefficient (Wildman–Crippen LogP) is 3.01. The van der Waals surface area contributed by atoms with E-state index in [1.165, 1.54) is 6.07 Å². The monoisotopic (exact) mass is 333 g/mol. The lowest BCUT2D eigenvalue weighted by Crippen LogP contribution is -2.44. The third-order valence-electron chi connectivity index (χ3n) is 3.85. The van der Waals surface area contributed by atoms with Crippen LogP contribution in [0, 0.1) is 11.7 Å². The molecule has 1 saturated heterocycles. The number of likely N-dealkylation sites (tertiary alicyclic amines) is 1. The minimum absolute atomic E-state index is 0.0390. The minimum atomic E-state index is -4.00. The molecule has 2 unspecified atom stereocenters. The molecule has 1 fully saturated rings. The first kappa shape index (κ1) is 16.2. The maximum Gasteiger partial charge on any atom is 0.261 e. The van der Waals surface area contributed by atoms with Gasteiger partial charge >= 0.3 is 0 Å². The normalized spacial score (nSPS) is 23.1. The van der Waals surface area contributed by atoms with Crippen molar-refractivity contribution >= 4 is 25.6 Å². The number of benzene rings is 1. The zero-order chi connectivity index (χ0) is 15.8. The number of nitrogens with zero attached hydrogens (tertiary/aromatic N) is 1. The van der Waals surface area contributed by atoms with Crippen LogP contribution in [0.4, 0.5) is 4.39 Å². The number of carbonyl (C=O) groups excluding carboxylic acids is 1. The van der Waals surface area contributed by atoms with E-state index in [4.69, 9.17) is 10.7 Å². The van der Waals surface area contributed by atoms with Crippen molar-refractivity contribution < 1.29 is 17.6 Å². The Balaban J connectivity index is 2.28. The Bertz CT molecular complexity index is 662. The second-order valence-electron chi connectivity index (χ2n) is 5.56. The number of halogens is 2. The van der Waals surface area contributed by atoms with E-state index in [0.717, 1.165) is 25.0 Å². The van der Waals surface area contributed by atoms with Crippen molar-refractivity contribution in [2.24, 2.45) is 5.92 Å². The smallest absolute Gasteiger partial charge is 0.261 e. The molecule has 2 atom stereocenters. The van der Waals surface area contributed by atoms with Crippen molar-refractivity contribution in [2.45, 2.75) is 37.6 Å². The first-order chi connectivity index (χ1) is 9.70. The maximum absolute atomic E-state index is 14.0. The quantitative estimate of drug-likeness (QED) is 0.782. The van der Waals surface area contributed by atoms with Crippen molar-refractivity contribution in [1.82, 2.24) is 4.90 Å². The molecule has 0 N–H and O–H groups in total. The van der Waals surface area contributed by atoms with E-state index < -0.39 is 20.8 Å². The summed E-state index contributed by atoms with van der Waals surface area (Å²) in [6, 6.07) is 3.15. The zero-order valence-electron chi connectivity index (χ0n) is 11.8. The summed E-state index contributed by atoms with van der Waals surface area (Å²) in [5.74, 6) is -0.740. The van der Waals surface area contributed by atoms with Gasteiger partial charge in [0.05, 0.1) is 10.5 Å². The molecule has 0 bridgehead atoms. The van der Waals surface area contributed by atoms with Crippen molar-refractivity contribution in [3.8, 4) is 0 Å². The molecule has 0 spiro atoms. The van der Waals surface area contributed by atoms with Crippen LogP contribution in [-0.4, -0.2) is 31.8 Å². The maximum atomic E-state index is 14.0. The van der Waals surface area contributed by atoms with Gasteiger partial charge < -0.3 is 4.90 Å². The van der Waals surface area contributed by atoms with E-state index in [1.54, 1.807) is 4.90 Å². The fourth-order valence-corrected chi connectivity index (χ4v) is 3.45. The van der Waals surface area contributed by atoms with Gasteiger partial charge in [-0.25, -0.2) is 12.8 Å². The number of carbonyl (C=O) groups is 1. The van der Waals surface area contributed by atoms with Gasteiger partial charge in [0.15, 0.2) is 0 Å². The third-order valence-corrected chi connectivity index (χ3v) is 5.20. The van der Waals surface area contributed by atoms with E-state index in [0.29, 0.717) is 12.5 Å². The van der Waals surface area contributed by atoms with Gasteiger partial charge in [-0.2, -0.15) is 0 Å². The average Bonchev–Trinajstić information content (AvgIpc) is 2.36. The van der Waals surface area contributed by atoms with Gasteiger partial charge in [0.2, 0.25) is 0 Å². The third kappa shape index (κ3) is 3.55. The van der Waals surface area contributed by atoms with E-state index in [1.807, 2.05) is 6.92 Å². The van der Waals surface area contributed by atoms with Gasteiger partial charge in [-0.1, -0.05) is 6.92 Å². The van der Waals surface area contributed by atoms with Crippen LogP contribution in [0.3, 0.4) is 0 Å². The Morgan fingerprint density at radius 3 is 2.57 bits per heavy atom. The standard InChI is InChI=1S/C14H17ClFNO3S/c1-9-5-6-17(10(2)7-9)14(18)12-4-3-11(8-13(12)16)21(15,19)20/h3-4,8-10H,5-7H2,1-2H3. The first-order valence-electron chi connectivity index (χ1n) is 6.75. The lowest BCUT2D eigenvalue weighted by Gasteiger charge is -2.36. The highest BCUT2D eigenvalue weighted by Gasteiger charge is 2.29. The molecule has 0 aliphatic carbocycles. The van der Waals surface area contributed by atoms with Gasteiger partial charge in [0.25, 0.3) is 15.0 Å². The molecule has 2 rings (SSSR count). The Labute approximate surface area is 128 Å². The molecular weight excluding hydrogens is 317 g/mol. The molecule has 1 aromatic carbocycles. The predicted molar refractivity (Wildman–Crippen MR) is 78.3 cm³/mol. The lowest BCUT2D eigenvalue weighted by atomic mass is 9.93. The Hall–Kier alpha value is -1.14. The lowest BCUT2D eigenvalue weighted by molar-refractivity contribution is 0.0584. The van der Waals surface area contributed by atoms with Gasteiger partial charge in [0, 0.05) is 23.3 Å². The highest BCUT2D eigenvalue weighted by Crippen LogP contribution is 2.25. The molecule has 1 heterocycles. The SMILES string of the molecule is CC1CCN(C(=O)c2ccc(S(=O)(=O)Cl)cc2F)C(C)C1. The second-order valence-corrected chi connectivity index (χ2v) is 8.12. The molecule has 4 nitrogen and oxygen atoms in total. The molecule has 7 heteroatoms. The van der Waals surface area contributed by atoms with Crippen molar-refractivity contribution in [3.05, 3.63) is 29.6 Å². The van der Waals surface area contributed by atoms with Crippen LogP contribution in [-0.2, 0) is 9.05 Å². The number of hydrogen-bond donors (Lipinski definition) is 0. The summed E-state index contributed by atoms with van der Waals surface area (Å²) >= 11 is 0. The van der Waals surface area contributed by atoms with Crippen molar-refractivity contribution in [3.63, 3.8) is 0 Å². The Morgan fingerprint density at radius 2 is 2.05 bits per heavy atom. The van der Waals surface area contributed by atoms with E-state index >= 15 is 0 Å². The summed E-state index contributed by atoms with van der Waals surface area (Å²) in [4.78, 5) is 13.7. The summed E-state index contributed by atoms with van der Waals surface area (Å²) in [7, 11) is 1.16. The molecule has 0 aromatic heterocycles. The topological polar surface area (TPSA) is 54.5 Å². The zero-order valence-corrected chi connectivity index (χ0v) is 13.4. The van der Waals surface area contributed by atoms with Crippen LogP contribution in [0.5, 0.6) is 0 Å². The molecule has 116 valence electrons. The fraction of sp³-hybridized carbons (Fsp3) is 0.500. The summed E-state index contributed by atoms with van der Waals surface area (Å²) in [6.07, 6.45) is 1.76. The number of hydrogen-bond acceptors (Lipinski definition) is 3. The van der Waals surface area contributed by atoms with Crippen LogP contribution < -0.4 is 0 Å². The molecule has 0 radical (unpaired) electrons. The van der Waals surface area contributed by atoms with E-state index in [-0.39, 0.29) is 16.5 Å². The highest BCUT2D eigenvalue weighted by molar-refractivity contribution is 8.13. The summed E-state index contributed by atoms with van der Waals surface area (Å²) in [6.45, 7) is 4.64. The van der Waals surface area contributed by atoms with Gasteiger partial charge in [0.1, 0.15) is 5.82 Å². The highest BCUT2D eigenvalue weighted by atomic mass is 35.7. The Morgan fingerprint density at radius 1 is 1.38 bits per heavy atom. The first-order valence-corrected chi connectivity index (χ1v) is 9.06. The van der Waals surface area contributed by atoms with E-state index in [2.05, 4.69) is 6.92 Å². The van der Waals surface area contributed by atoms with Gasteiger partial charge in [-0.3, -0.25) is 4.79 Å². The second kappa shape index (κ2) is 5.93. The summed E-state index contributed by atoms with van der Waals surface area (Å²) in [5, 5.41) is 0. The molecule has 1 amide bonds. The molecular formula is C14H17ClFNO3S. The molecule has 0 saturated carbocycles. The molecule has 1 aliphatic heterocycles. The molecule has 1 aliphatic rings. The minimum Gasteiger partial charge on any atom is -0.336 e. The number of amides is 1. The molecule has 1 aromatic rings. The summed E-state index contributed by atoms with van der Waals surface area (Å²) in [5.41, 5.74) is -0.125. The Kier molecular flexibility index (Phi) is 4.58. The fourth-order valence-electron chi connectivity index (χ4n) is 2.68. The van der Waals surface area contributed by atoms with Crippen LogP contribution in [0.1, 0.15) is 37.0 Å². The van der Waals surface area contributed by atoms with Gasteiger partial charge in [-0.05, 0) is 43.9 Å². The van der Waals surface area contributed by atoms with Crippen LogP contribution >= 0.6 is 10.7 Å². The number of piperidine rings is 1. The van der Waals surface area contributed by atoms with Gasteiger partial charge in [-0.15, -0.1) is 0 Å². The van der Waals surface area contributed by atoms with Crippen LogP contribution in [0.15, 0.2) is 23.1 Å². The van der Waals surface area contributed by atoms with E-state index in [9.17, 15) is 17.6 Å².